The zero-order valence-electron chi connectivity index (χ0n) is 14.7. The summed E-state index contributed by atoms with van der Waals surface area (Å²) in [6.07, 6.45) is 6.64. The molecular weight excluding hydrogens is 320 g/mol. The van der Waals surface area contributed by atoms with Gasteiger partial charge in [-0.05, 0) is 45.3 Å². The van der Waals surface area contributed by atoms with Crippen LogP contribution in [0, 0.1) is 5.92 Å². The first-order valence-electron chi connectivity index (χ1n) is 8.81. The molecule has 0 aliphatic carbocycles. The first-order valence-corrected chi connectivity index (χ1v) is 8.81. The van der Waals surface area contributed by atoms with Crippen LogP contribution in [0.15, 0.2) is 23.0 Å². The van der Waals surface area contributed by atoms with Crippen LogP contribution in [0.25, 0.3) is 0 Å². The maximum atomic E-state index is 12.3. The number of nitrogens with zero attached hydrogens (tertiary/aromatic N) is 5. The van der Waals surface area contributed by atoms with Gasteiger partial charge in [0.2, 0.25) is 17.7 Å². The fourth-order valence-corrected chi connectivity index (χ4v) is 3.04. The lowest BCUT2D eigenvalue weighted by Crippen LogP contribution is -2.39. The highest BCUT2D eigenvalue weighted by atomic mass is 16.5. The Kier molecular flexibility index (Phi) is 5.70. The van der Waals surface area contributed by atoms with Crippen LogP contribution in [0.4, 0.5) is 5.95 Å². The van der Waals surface area contributed by atoms with Crippen molar-refractivity contribution in [3.05, 3.63) is 30.2 Å². The highest BCUT2D eigenvalue weighted by Gasteiger charge is 2.30. The summed E-state index contributed by atoms with van der Waals surface area (Å²) in [6, 6.07) is 1.79. The van der Waals surface area contributed by atoms with Crippen LogP contribution in [-0.4, -0.2) is 44.0 Å². The van der Waals surface area contributed by atoms with Gasteiger partial charge in [0.05, 0.1) is 6.04 Å². The number of amides is 1. The van der Waals surface area contributed by atoms with E-state index in [1.54, 1.807) is 18.5 Å². The molecule has 2 aromatic heterocycles. The summed E-state index contributed by atoms with van der Waals surface area (Å²) in [7, 11) is 0. The van der Waals surface area contributed by atoms with Gasteiger partial charge in [0.15, 0.2) is 5.82 Å². The van der Waals surface area contributed by atoms with Gasteiger partial charge in [-0.15, -0.1) is 0 Å². The molecule has 3 heterocycles. The fourth-order valence-electron chi connectivity index (χ4n) is 3.04. The summed E-state index contributed by atoms with van der Waals surface area (Å²) in [6.45, 7) is 5.80. The summed E-state index contributed by atoms with van der Waals surface area (Å²) < 4.78 is 5.39. The van der Waals surface area contributed by atoms with Gasteiger partial charge in [-0.2, -0.15) is 4.98 Å². The molecule has 0 spiro atoms. The second-order valence-corrected chi connectivity index (χ2v) is 6.35. The van der Waals surface area contributed by atoms with Crippen LogP contribution < -0.4 is 5.32 Å². The third kappa shape index (κ3) is 4.39. The van der Waals surface area contributed by atoms with Crippen molar-refractivity contribution >= 4 is 11.9 Å². The average Bonchev–Trinajstić information content (AvgIpc) is 3.11. The number of hydrogen-bond donors (Lipinski definition) is 1. The quantitative estimate of drug-likeness (QED) is 0.858. The van der Waals surface area contributed by atoms with E-state index in [-0.39, 0.29) is 17.9 Å². The average molecular weight is 344 g/mol. The number of anilines is 1. The molecule has 25 heavy (non-hydrogen) atoms. The number of carbonyl (C=O) groups excluding carboxylic acids is 1. The summed E-state index contributed by atoms with van der Waals surface area (Å²) in [5.41, 5.74) is 0. The molecule has 1 fully saturated rings. The van der Waals surface area contributed by atoms with Crippen LogP contribution in [0.2, 0.25) is 0 Å². The zero-order chi connectivity index (χ0) is 17.6. The molecule has 1 N–H and O–H groups in total. The van der Waals surface area contributed by atoms with Crippen molar-refractivity contribution in [1.29, 1.82) is 0 Å². The predicted octanol–water partition coefficient (Wildman–Crippen LogP) is 2.22. The van der Waals surface area contributed by atoms with E-state index in [9.17, 15) is 4.79 Å². The molecule has 8 nitrogen and oxygen atoms in total. The topological polar surface area (TPSA) is 97.0 Å². The van der Waals surface area contributed by atoms with Crippen LogP contribution >= 0.6 is 0 Å². The molecule has 0 aromatic carbocycles. The third-order valence-corrected chi connectivity index (χ3v) is 4.56. The lowest BCUT2D eigenvalue weighted by molar-refractivity contribution is -0.121. The second-order valence-electron chi connectivity index (χ2n) is 6.35. The Morgan fingerprint density at radius 3 is 2.76 bits per heavy atom. The molecular formula is C17H24N6O2. The van der Waals surface area contributed by atoms with E-state index >= 15 is 0 Å². The number of piperidine rings is 1. The number of nitrogens with one attached hydrogen (secondary N) is 1. The number of hydrogen-bond acceptors (Lipinski definition) is 7. The minimum atomic E-state index is -0.0226. The Bertz CT molecular complexity index is 681. The predicted molar refractivity (Wildman–Crippen MR) is 91.7 cm³/mol. The van der Waals surface area contributed by atoms with Gasteiger partial charge in [-0.1, -0.05) is 12.1 Å². The Hall–Kier alpha value is -2.35. The van der Waals surface area contributed by atoms with Gasteiger partial charge in [0.25, 0.3) is 0 Å². The van der Waals surface area contributed by atoms with Crippen molar-refractivity contribution in [1.82, 2.24) is 25.0 Å². The minimum absolute atomic E-state index is 0.0125. The van der Waals surface area contributed by atoms with Crippen LogP contribution in [-0.2, 0) is 11.2 Å². The van der Waals surface area contributed by atoms with Crippen molar-refractivity contribution < 1.29 is 9.32 Å². The number of aryl methyl sites for hydroxylation is 1. The SMILES string of the molecule is CCCc1noc([C@@H](C)N2CCC(C(=O)Nc3ncccn3)CC2)n1. The van der Waals surface area contributed by atoms with Gasteiger partial charge in [-0.25, -0.2) is 9.97 Å². The van der Waals surface area contributed by atoms with E-state index in [4.69, 9.17) is 4.52 Å². The van der Waals surface area contributed by atoms with Gasteiger partial charge < -0.3 is 4.52 Å². The molecule has 1 aliphatic rings. The third-order valence-electron chi connectivity index (χ3n) is 4.56. The molecule has 0 unspecified atom stereocenters. The summed E-state index contributed by atoms with van der Waals surface area (Å²) >= 11 is 0. The van der Waals surface area contributed by atoms with E-state index in [0.717, 1.165) is 44.6 Å². The lowest BCUT2D eigenvalue weighted by Gasteiger charge is -2.33. The van der Waals surface area contributed by atoms with E-state index in [1.807, 2.05) is 0 Å². The van der Waals surface area contributed by atoms with Crippen molar-refractivity contribution in [2.45, 2.75) is 45.6 Å². The largest absolute Gasteiger partial charge is 0.338 e. The molecule has 8 heteroatoms. The Morgan fingerprint density at radius 1 is 1.36 bits per heavy atom. The number of aromatic nitrogens is 4. The van der Waals surface area contributed by atoms with E-state index in [0.29, 0.717) is 11.8 Å². The van der Waals surface area contributed by atoms with Crippen molar-refractivity contribution in [2.24, 2.45) is 5.92 Å². The number of likely N-dealkylation sites (tertiary alicyclic amines) is 1. The van der Waals surface area contributed by atoms with Crippen LogP contribution in [0.1, 0.15) is 50.9 Å². The molecule has 1 amide bonds. The molecule has 2 aromatic rings. The van der Waals surface area contributed by atoms with Crippen molar-refractivity contribution in [3.63, 3.8) is 0 Å². The Morgan fingerprint density at radius 2 is 2.08 bits per heavy atom. The van der Waals surface area contributed by atoms with Gasteiger partial charge >= 0.3 is 0 Å². The molecule has 1 atom stereocenters. The first-order chi connectivity index (χ1) is 12.2. The standard InChI is InChI=1S/C17H24N6O2/c1-3-5-14-20-16(25-22-14)12(2)23-10-6-13(7-11-23)15(24)21-17-18-8-4-9-19-17/h4,8-9,12-13H,3,5-7,10-11H2,1-2H3,(H,18,19,21,24)/t12-/m1/s1. The first kappa shape index (κ1) is 17.5. The highest BCUT2D eigenvalue weighted by molar-refractivity contribution is 5.90. The van der Waals surface area contributed by atoms with E-state index < -0.39 is 0 Å². The number of rotatable bonds is 6. The molecule has 0 radical (unpaired) electrons. The maximum absolute atomic E-state index is 12.3. The molecule has 1 saturated heterocycles. The Labute approximate surface area is 147 Å². The normalized spacial score (nSPS) is 17.4. The van der Waals surface area contributed by atoms with Crippen LogP contribution in [0.5, 0.6) is 0 Å². The Balaban J connectivity index is 1.51. The van der Waals surface area contributed by atoms with Gasteiger partial charge in [0, 0.05) is 24.7 Å². The van der Waals surface area contributed by atoms with Gasteiger partial charge in [0.1, 0.15) is 0 Å². The summed E-state index contributed by atoms with van der Waals surface area (Å²) in [5, 5.41) is 6.81. The monoisotopic (exact) mass is 344 g/mol. The summed E-state index contributed by atoms with van der Waals surface area (Å²) in [5.74, 6) is 1.75. The summed E-state index contributed by atoms with van der Waals surface area (Å²) in [4.78, 5) is 27.2. The van der Waals surface area contributed by atoms with Crippen LogP contribution in [0.3, 0.4) is 0 Å². The molecule has 3 rings (SSSR count). The number of carbonyl (C=O) groups is 1. The highest BCUT2D eigenvalue weighted by Crippen LogP contribution is 2.26. The molecule has 134 valence electrons. The van der Waals surface area contributed by atoms with Gasteiger partial charge in [-0.3, -0.25) is 15.0 Å². The van der Waals surface area contributed by atoms with E-state index in [2.05, 4.69) is 44.2 Å². The second kappa shape index (κ2) is 8.15. The maximum Gasteiger partial charge on any atom is 0.243 e. The fraction of sp³-hybridized carbons (Fsp3) is 0.588. The van der Waals surface area contributed by atoms with Crippen molar-refractivity contribution in [3.8, 4) is 0 Å². The molecule has 0 saturated carbocycles. The molecule has 0 bridgehead atoms. The smallest absolute Gasteiger partial charge is 0.243 e. The molecule has 1 aliphatic heterocycles. The zero-order valence-corrected chi connectivity index (χ0v) is 14.7. The van der Waals surface area contributed by atoms with Crippen molar-refractivity contribution in [2.75, 3.05) is 18.4 Å². The lowest BCUT2D eigenvalue weighted by atomic mass is 9.95. The van der Waals surface area contributed by atoms with E-state index in [1.165, 1.54) is 0 Å². The minimum Gasteiger partial charge on any atom is -0.338 e.